The molecule has 2 rings (SSSR count). The maximum absolute atomic E-state index is 5.42. The normalized spacial score (nSPS) is 17.4. The molecule has 1 aromatic rings. The molecule has 0 spiro atoms. The van der Waals surface area contributed by atoms with Crippen LogP contribution in [-0.2, 0) is 6.42 Å². The van der Waals surface area contributed by atoms with E-state index >= 15 is 0 Å². The largest absolute Gasteiger partial charge is 0.358 e. The minimum absolute atomic E-state index is 0.135. The molecule has 1 unspecified atom stereocenters. The number of likely N-dealkylation sites (tertiary alicyclic amines) is 1. The van der Waals surface area contributed by atoms with E-state index in [0.717, 1.165) is 29.7 Å². The van der Waals surface area contributed by atoms with E-state index in [0.29, 0.717) is 5.89 Å². The number of hydrogen-bond donors (Lipinski definition) is 0. The van der Waals surface area contributed by atoms with Gasteiger partial charge in [0.05, 0.1) is 5.25 Å². The van der Waals surface area contributed by atoms with Gasteiger partial charge in [0.1, 0.15) is 4.32 Å². The van der Waals surface area contributed by atoms with Gasteiger partial charge in [0.25, 0.3) is 0 Å². The van der Waals surface area contributed by atoms with Crippen LogP contribution in [-0.4, -0.2) is 32.5 Å². The number of aromatic nitrogens is 2. The molecule has 0 aliphatic carbocycles. The molecule has 1 fully saturated rings. The van der Waals surface area contributed by atoms with Crippen molar-refractivity contribution in [2.45, 2.75) is 38.4 Å². The maximum Gasteiger partial charge on any atom is 0.239 e. The van der Waals surface area contributed by atoms with Gasteiger partial charge in [-0.05, 0) is 19.8 Å². The maximum atomic E-state index is 5.42. The van der Waals surface area contributed by atoms with Gasteiger partial charge in [-0.25, -0.2) is 0 Å². The zero-order valence-corrected chi connectivity index (χ0v) is 11.8. The molecule has 1 aliphatic heterocycles. The number of rotatable bonds is 3. The molecule has 94 valence electrons. The molecule has 2 heterocycles. The minimum Gasteiger partial charge on any atom is -0.358 e. The van der Waals surface area contributed by atoms with Gasteiger partial charge in [0.15, 0.2) is 5.82 Å². The van der Waals surface area contributed by atoms with E-state index in [-0.39, 0.29) is 5.25 Å². The van der Waals surface area contributed by atoms with Crippen LogP contribution in [0.2, 0.25) is 0 Å². The molecule has 4 nitrogen and oxygen atoms in total. The lowest BCUT2D eigenvalue weighted by Gasteiger charge is -2.19. The molecule has 0 amide bonds. The molecule has 0 N–H and O–H groups in total. The standard InChI is InChI=1S/C11H17N3OS2/c1-3-9-12-10(15-13-9)8(2)17-11(16)14-6-4-5-7-14/h8H,3-7H2,1-2H3. The first kappa shape index (κ1) is 12.8. The predicted molar refractivity (Wildman–Crippen MR) is 73.1 cm³/mol. The monoisotopic (exact) mass is 271 g/mol. The van der Waals surface area contributed by atoms with E-state index in [4.69, 9.17) is 16.7 Å². The third-order valence-electron chi connectivity index (χ3n) is 2.79. The first-order valence-electron chi connectivity index (χ1n) is 5.98. The molecule has 1 aliphatic rings. The molecule has 1 atom stereocenters. The molecular formula is C11H17N3OS2. The summed E-state index contributed by atoms with van der Waals surface area (Å²) in [6.07, 6.45) is 3.29. The summed E-state index contributed by atoms with van der Waals surface area (Å²) in [5.74, 6) is 1.44. The summed E-state index contributed by atoms with van der Waals surface area (Å²) < 4.78 is 6.17. The Morgan fingerprint density at radius 2 is 2.24 bits per heavy atom. The highest BCUT2D eigenvalue weighted by molar-refractivity contribution is 8.23. The van der Waals surface area contributed by atoms with Crippen LogP contribution in [0.4, 0.5) is 0 Å². The molecule has 1 saturated heterocycles. The van der Waals surface area contributed by atoms with Crippen molar-refractivity contribution in [2.75, 3.05) is 13.1 Å². The lowest BCUT2D eigenvalue weighted by molar-refractivity contribution is 0.375. The summed E-state index contributed by atoms with van der Waals surface area (Å²) in [6.45, 7) is 6.24. The average Bonchev–Trinajstić information content (AvgIpc) is 3.00. The summed E-state index contributed by atoms with van der Waals surface area (Å²) in [4.78, 5) is 6.59. The third kappa shape index (κ3) is 3.19. The van der Waals surface area contributed by atoms with E-state index in [2.05, 4.69) is 22.0 Å². The Kier molecular flexibility index (Phi) is 4.39. The second-order valence-corrected chi connectivity index (χ2v) is 6.10. The molecule has 6 heteroatoms. The molecular weight excluding hydrogens is 254 g/mol. The summed E-state index contributed by atoms with van der Waals surface area (Å²) >= 11 is 7.06. The van der Waals surface area contributed by atoms with Crippen LogP contribution < -0.4 is 0 Å². The fourth-order valence-corrected chi connectivity index (χ4v) is 3.20. The Labute approximate surface area is 111 Å². The first-order chi connectivity index (χ1) is 8.20. The van der Waals surface area contributed by atoms with E-state index < -0.39 is 0 Å². The van der Waals surface area contributed by atoms with Gasteiger partial charge >= 0.3 is 0 Å². The van der Waals surface area contributed by atoms with Crippen molar-refractivity contribution in [3.05, 3.63) is 11.7 Å². The van der Waals surface area contributed by atoms with Crippen molar-refractivity contribution in [3.63, 3.8) is 0 Å². The zero-order chi connectivity index (χ0) is 12.3. The first-order valence-corrected chi connectivity index (χ1v) is 7.27. The highest BCUT2D eigenvalue weighted by Crippen LogP contribution is 2.30. The van der Waals surface area contributed by atoms with E-state index in [1.807, 2.05) is 6.92 Å². The SMILES string of the molecule is CCc1noc(C(C)SC(=S)N2CCCC2)n1. The quantitative estimate of drug-likeness (QED) is 0.788. The van der Waals surface area contributed by atoms with Crippen LogP contribution in [0.1, 0.15) is 43.7 Å². The van der Waals surface area contributed by atoms with Crippen LogP contribution in [0, 0.1) is 0 Å². The highest BCUT2D eigenvalue weighted by atomic mass is 32.2. The minimum atomic E-state index is 0.135. The van der Waals surface area contributed by atoms with Crippen molar-refractivity contribution < 1.29 is 4.52 Å². The second-order valence-electron chi connectivity index (χ2n) is 4.12. The van der Waals surface area contributed by atoms with Gasteiger partial charge in [0, 0.05) is 19.5 Å². The van der Waals surface area contributed by atoms with Crippen molar-refractivity contribution in [1.82, 2.24) is 15.0 Å². The number of thiocarbonyl (C=S) groups is 1. The van der Waals surface area contributed by atoms with Gasteiger partial charge in [0.2, 0.25) is 5.89 Å². The van der Waals surface area contributed by atoms with E-state index in [1.165, 1.54) is 12.8 Å². The van der Waals surface area contributed by atoms with Crippen LogP contribution >= 0.6 is 24.0 Å². The van der Waals surface area contributed by atoms with Crippen molar-refractivity contribution in [2.24, 2.45) is 0 Å². The van der Waals surface area contributed by atoms with Gasteiger partial charge in [-0.1, -0.05) is 36.1 Å². The molecule has 0 aromatic carbocycles. The Balaban J connectivity index is 1.91. The topological polar surface area (TPSA) is 42.2 Å². The summed E-state index contributed by atoms with van der Waals surface area (Å²) in [6, 6.07) is 0. The van der Waals surface area contributed by atoms with Gasteiger partial charge in [-0.3, -0.25) is 0 Å². The van der Waals surface area contributed by atoms with Crippen LogP contribution in [0.5, 0.6) is 0 Å². The van der Waals surface area contributed by atoms with Crippen molar-refractivity contribution in [3.8, 4) is 0 Å². The molecule has 0 saturated carbocycles. The number of aryl methyl sites for hydroxylation is 1. The summed E-state index contributed by atoms with van der Waals surface area (Å²) in [5, 5.41) is 4.04. The highest BCUT2D eigenvalue weighted by Gasteiger charge is 2.21. The summed E-state index contributed by atoms with van der Waals surface area (Å²) in [7, 11) is 0. The van der Waals surface area contributed by atoms with Gasteiger partial charge in [-0.15, -0.1) is 0 Å². The second kappa shape index (κ2) is 5.82. The van der Waals surface area contributed by atoms with Gasteiger partial charge in [-0.2, -0.15) is 4.98 Å². The van der Waals surface area contributed by atoms with Crippen LogP contribution in [0.3, 0.4) is 0 Å². The predicted octanol–water partition coefficient (Wildman–Crippen LogP) is 2.81. The lowest BCUT2D eigenvalue weighted by Crippen LogP contribution is -2.23. The number of thioether (sulfide) groups is 1. The molecule has 0 radical (unpaired) electrons. The Hall–Kier alpha value is -0.620. The third-order valence-corrected chi connectivity index (χ3v) is 4.35. The number of nitrogens with zero attached hydrogens (tertiary/aromatic N) is 3. The molecule has 1 aromatic heterocycles. The van der Waals surface area contributed by atoms with Crippen molar-refractivity contribution >= 4 is 28.3 Å². The Morgan fingerprint density at radius 3 is 2.82 bits per heavy atom. The Bertz CT molecular complexity index is 388. The fraction of sp³-hybridized carbons (Fsp3) is 0.727. The smallest absolute Gasteiger partial charge is 0.239 e. The van der Waals surface area contributed by atoms with E-state index in [1.54, 1.807) is 11.8 Å². The Morgan fingerprint density at radius 1 is 1.53 bits per heavy atom. The van der Waals surface area contributed by atoms with E-state index in [9.17, 15) is 0 Å². The number of hydrogen-bond acceptors (Lipinski definition) is 5. The zero-order valence-electron chi connectivity index (χ0n) is 10.2. The average molecular weight is 271 g/mol. The van der Waals surface area contributed by atoms with Crippen LogP contribution in [0.15, 0.2) is 4.52 Å². The lowest BCUT2D eigenvalue weighted by atomic mass is 10.4. The molecule has 0 bridgehead atoms. The molecule has 17 heavy (non-hydrogen) atoms. The summed E-state index contributed by atoms with van der Waals surface area (Å²) in [5.41, 5.74) is 0. The van der Waals surface area contributed by atoms with Gasteiger partial charge < -0.3 is 9.42 Å². The van der Waals surface area contributed by atoms with Crippen molar-refractivity contribution in [1.29, 1.82) is 0 Å². The fourth-order valence-electron chi connectivity index (χ4n) is 1.75. The van der Waals surface area contributed by atoms with Crippen LogP contribution in [0.25, 0.3) is 0 Å².